The third-order valence-electron chi connectivity index (χ3n) is 6.39. The van der Waals surface area contributed by atoms with Gasteiger partial charge in [-0.3, -0.25) is 4.79 Å². The molecular formula is C23H33N3O3. The van der Waals surface area contributed by atoms with Gasteiger partial charge in [0.15, 0.2) is 0 Å². The van der Waals surface area contributed by atoms with Gasteiger partial charge in [-0.25, -0.2) is 4.79 Å². The van der Waals surface area contributed by atoms with Crippen LogP contribution in [0, 0.1) is 5.92 Å². The standard InChI is InChI=1S/C23H33N3O3/c1-16(2)25-22(28)26-11-9-23(10-12-26)14-18(13-21(27)24-15-17-7-8-17)19-5-3-4-6-20(19)29-23/h3-6,16-18H,7-15H2,1-2H3,(H,24,27)(H,25,28)/t18-/m1/s1. The average Bonchev–Trinajstić information content (AvgIpc) is 3.51. The number of piperidine rings is 1. The van der Waals surface area contributed by atoms with Gasteiger partial charge in [-0.15, -0.1) is 0 Å². The summed E-state index contributed by atoms with van der Waals surface area (Å²) in [6.45, 7) is 6.13. The molecule has 4 rings (SSSR count). The van der Waals surface area contributed by atoms with Crippen molar-refractivity contribution in [1.82, 2.24) is 15.5 Å². The quantitative estimate of drug-likeness (QED) is 0.797. The lowest BCUT2D eigenvalue weighted by Gasteiger charge is -2.47. The number of para-hydroxylation sites is 1. The van der Waals surface area contributed by atoms with Crippen molar-refractivity contribution >= 4 is 11.9 Å². The first-order chi connectivity index (χ1) is 13.9. The van der Waals surface area contributed by atoms with Crippen molar-refractivity contribution in [1.29, 1.82) is 0 Å². The SMILES string of the molecule is CC(C)NC(=O)N1CCC2(CC1)C[C@@H](CC(=O)NCC1CC1)c1ccccc1O2. The molecule has 1 aliphatic carbocycles. The van der Waals surface area contributed by atoms with Crippen molar-refractivity contribution in [2.24, 2.45) is 5.92 Å². The van der Waals surface area contributed by atoms with Gasteiger partial charge in [0.2, 0.25) is 5.91 Å². The van der Waals surface area contributed by atoms with Crippen LogP contribution in [0.5, 0.6) is 5.75 Å². The predicted molar refractivity (Wildman–Crippen MR) is 112 cm³/mol. The maximum atomic E-state index is 12.6. The summed E-state index contributed by atoms with van der Waals surface area (Å²) in [6.07, 6.45) is 5.42. The highest BCUT2D eigenvalue weighted by Crippen LogP contribution is 2.46. The Morgan fingerprint density at radius 1 is 1.21 bits per heavy atom. The van der Waals surface area contributed by atoms with Gasteiger partial charge < -0.3 is 20.3 Å². The molecule has 1 spiro atoms. The molecule has 2 N–H and O–H groups in total. The Labute approximate surface area is 173 Å². The fourth-order valence-corrected chi connectivity index (χ4v) is 4.56. The van der Waals surface area contributed by atoms with E-state index in [1.54, 1.807) is 0 Å². The first kappa shape index (κ1) is 20.0. The number of benzene rings is 1. The summed E-state index contributed by atoms with van der Waals surface area (Å²) in [5, 5.41) is 6.09. The highest BCUT2D eigenvalue weighted by atomic mass is 16.5. The lowest BCUT2D eigenvalue weighted by Crippen LogP contribution is -2.54. The number of urea groups is 1. The van der Waals surface area contributed by atoms with E-state index in [1.165, 1.54) is 12.8 Å². The summed E-state index contributed by atoms with van der Waals surface area (Å²) in [4.78, 5) is 26.8. The van der Waals surface area contributed by atoms with Crippen LogP contribution in [0.2, 0.25) is 0 Å². The number of rotatable bonds is 5. The molecule has 1 aromatic rings. The predicted octanol–water partition coefficient (Wildman–Crippen LogP) is 3.42. The molecule has 0 bridgehead atoms. The Balaban J connectivity index is 1.42. The zero-order valence-corrected chi connectivity index (χ0v) is 17.6. The van der Waals surface area contributed by atoms with Crippen molar-refractivity contribution in [2.45, 2.75) is 69.9 Å². The van der Waals surface area contributed by atoms with Crippen LogP contribution in [0.1, 0.15) is 63.9 Å². The zero-order valence-electron chi connectivity index (χ0n) is 17.6. The number of ether oxygens (including phenoxy) is 1. The van der Waals surface area contributed by atoms with E-state index in [1.807, 2.05) is 36.9 Å². The largest absolute Gasteiger partial charge is 0.487 e. The minimum atomic E-state index is -0.287. The van der Waals surface area contributed by atoms with Crippen LogP contribution in [0.25, 0.3) is 0 Å². The summed E-state index contributed by atoms with van der Waals surface area (Å²) >= 11 is 0. The number of nitrogens with one attached hydrogen (secondary N) is 2. The smallest absolute Gasteiger partial charge is 0.317 e. The molecule has 6 nitrogen and oxygen atoms in total. The van der Waals surface area contributed by atoms with E-state index in [2.05, 4.69) is 16.7 Å². The van der Waals surface area contributed by atoms with Gasteiger partial charge in [0, 0.05) is 50.9 Å². The molecule has 3 amide bonds. The number of carbonyl (C=O) groups is 2. The van der Waals surface area contributed by atoms with Gasteiger partial charge in [-0.1, -0.05) is 18.2 Å². The molecule has 1 aromatic carbocycles. The van der Waals surface area contributed by atoms with Gasteiger partial charge in [-0.05, 0) is 50.7 Å². The fourth-order valence-electron chi connectivity index (χ4n) is 4.56. The van der Waals surface area contributed by atoms with E-state index in [4.69, 9.17) is 4.74 Å². The Hall–Kier alpha value is -2.24. The minimum Gasteiger partial charge on any atom is -0.487 e. The van der Waals surface area contributed by atoms with Crippen LogP contribution in [-0.2, 0) is 4.79 Å². The van der Waals surface area contributed by atoms with E-state index in [-0.39, 0.29) is 29.5 Å². The van der Waals surface area contributed by atoms with Gasteiger partial charge in [0.1, 0.15) is 11.4 Å². The summed E-state index contributed by atoms with van der Waals surface area (Å²) in [5.74, 6) is 1.89. The molecule has 0 radical (unpaired) electrons. The number of hydrogen-bond donors (Lipinski definition) is 2. The molecule has 3 aliphatic rings. The molecule has 158 valence electrons. The van der Waals surface area contributed by atoms with Gasteiger partial charge in [-0.2, -0.15) is 0 Å². The van der Waals surface area contributed by atoms with Crippen molar-refractivity contribution in [3.8, 4) is 5.75 Å². The highest BCUT2D eigenvalue weighted by Gasteiger charge is 2.44. The topological polar surface area (TPSA) is 70.7 Å². The van der Waals surface area contributed by atoms with E-state index in [9.17, 15) is 9.59 Å². The average molecular weight is 400 g/mol. The van der Waals surface area contributed by atoms with Crippen molar-refractivity contribution < 1.29 is 14.3 Å². The van der Waals surface area contributed by atoms with Gasteiger partial charge >= 0.3 is 6.03 Å². The Morgan fingerprint density at radius 3 is 2.62 bits per heavy atom. The number of carbonyl (C=O) groups excluding carboxylic acids is 2. The third-order valence-corrected chi connectivity index (χ3v) is 6.39. The number of nitrogens with zero attached hydrogens (tertiary/aromatic N) is 1. The molecule has 2 heterocycles. The molecule has 2 fully saturated rings. The van der Waals surface area contributed by atoms with Crippen LogP contribution >= 0.6 is 0 Å². The van der Waals surface area contributed by atoms with Crippen molar-refractivity contribution in [3.05, 3.63) is 29.8 Å². The molecule has 0 aromatic heterocycles. The lowest BCUT2D eigenvalue weighted by atomic mass is 9.76. The van der Waals surface area contributed by atoms with E-state index < -0.39 is 0 Å². The molecule has 1 saturated heterocycles. The number of hydrogen-bond acceptors (Lipinski definition) is 3. The highest BCUT2D eigenvalue weighted by molar-refractivity contribution is 5.77. The Bertz CT molecular complexity index is 751. The van der Waals surface area contributed by atoms with Crippen molar-refractivity contribution in [3.63, 3.8) is 0 Å². The summed E-state index contributed by atoms with van der Waals surface area (Å²) in [6, 6.07) is 8.26. The van der Waals surface area contributed by atoms with Crippen LogP contribution in [0.15, 0.2) is 24.3 Å². The van der Waals surface area contributed by atoms with E-state index in [0.29, 0.717) is 25.4 Å². The van der Waals surface area contributed by atoms with Crippen molar-refractivity contribution in [2.75, 3.05) is 19.6 Å². The Morgan fingerprint density at radius 2 is 1.93 bits per heavy atom. The second kappa shape index (κ2) is 8.25. The normalized spacial score (nSPS) is 22.7. The lowest BCUT2D eigenvalue weighted by molar-refractivity contribution is -0.122. The summed E-state index contributed by atoms with van der Waals surface area (Å²) in [7, 11) is 0. The molecule has 0 unspecified atom stereocenters. The first-order valence-electron chi connectivity index (χ1n) is 11.0. The number of likely N-dealkylation sites (tertiary alicyclic amines) is 1. The second-order valence-corrected chi connectivity index (χ2v) is 9.27. The molecule has 29 heavy (non-hydrogen) atoms. The van der Waals surface area contributed by atoms with Crippen LogP contribution in [-0.4, -0.2) is 48.1 Å². The monoisotopic (exact) mass is 399 g/mol. The second-order valence-electron chi connectivity index (χ2n) is 9.27. The summed E-state index contributed by atoms with van der Waals surface area (Å²) < 4.78 is 6.50. The van der Waals surface area contributed by atoms with Crippen LogP contribution in [0.3, 0.4) is 0 Å². The molecule has 2 aliphatic heterocycles. The van der Waals surface area contributed by atoms with E-state index >= 15 is 0 Å². The first-order valence-corrected chi connectivity index (χ1v) is 11.0. The van der Waals surface area contributed by atoms with Gasteiger partial charge in [0.25, 0.3) is 0 Å². The number of fused-ring (bicyclic) bond motifs is 1. The summed E-state index contributed by atoms with van der Waals surface area (Å²) in [5.41, 5.74) is 0.851. The third kappa shape index (κ3) is 4.85. The zero-order chi connectivity index (χ0) is 20.4. The molecule has 1 saturated carbocycles. The van der Waals surface area contributed by atoms with Gasteiger partial charge in [0.05, 0.1) is 0 Å². The maximum absolute atomic E-state index is 12.6. The van der Waals surface area contributed by atoms with Crippen LogP contribution in [0.4, 0.5) is 4.79 Å². The number of amides is 3. The molecule has 6 heteroatoms. The van der Waals surface area contributed by atoms with Crippen LogP contribution < -0.4 is 15.4 Å². The maximum Gasteiger partial charge on any atom is 0.317 e. The molecule has 1 atom stereocenters. The van der Waals surface area contributed by atoms with E-state index in [0.717, 1.165) is 37.1 Å². The minimum absolute atomic E-state index is 0.00191. The fraction of sp³-hybridized carbons (Fsp3) is 0.652. The molecular weight excluding hydrogens is 366 g/mol. The Kier molecular flexibility index (Phi) is 5.70.